The average molecular weight is 290 g/mol. The normalized spacial score (nSPS) is 10.1. The minimum Gasteiger partial charge on any atom is -0.493 e. The predicted octanol–water partition coefficient (Wildman–Crippen LogP) is 2.88. The Bertz CT molecular complexity index is 713. The molecule has 0 amide bonds. The molecule has 5 heteroatoms. The molecule has 0 heterocycles. The van der Waals surface area contributed by atoms with Gasteiger partial charge in [0.2, 0.25) is 16.9 Å². The summed E-state index contributed by atoms with van der Waals surface area (Å²) >= 11 is 0. The Kier molecular flexibility index (Phi) is 4.42. The molecule has 0 aromatic heterocycles. The first kappa shape index (κ1) is 14.8. The molecular weight excluding hydrogens is 275 g/mol. The van der Waals surface area contributed by atoms with Gasteiger partial charge in [-0.3, -0.25) is 4.79 Å². The Morgan fingerprint density at radius 2 is 1.48 bits per heavy atom. The minimum atomic E-state index is -0.485. The lowest BCUT2D eigenvalue weighted by Crippen LogP contribution is -2.07. The fourth-order valence-electron chi connectivity index (χ4n) is 2.08. The molecular formula is C16H15FO4. The second kappa shape index (κ2) is 6.26. The van der Waals surface area contributed by atoms with Crippen molar-refractivity contribution in [1.82, 2.24) is 0 Å². The van der Waals surface area contributed by atoms with Crippen LogP contribution < -0.4 is 19.6 Å². The molecule has 0 aliphatic carbocycles. The van der Waals surface area contributed by atoms with Crippen LogP contribution in [0.2, 0.25) is 0 Å². The first-order valence-corrected chi connectivity index (χ1v) is 6.22. The van der Waals surface area contributed by atoms with Gasteiger partial charge in [0.1, 0.15) is 5.82 Å². The molecule has 0 fully saturated rings. The molecule has 0 bridgehead atoms. The van der Waals surface area contributed by atoms with Crippen molar-refractivity contribution >= 4 is 0 Å². The molecule has 21 heavy (non-hydrogen) atoms. The summed E-state index contributed by atoms with van der Waals surface area (Å²) in [7, 11) is 4.21. The van der Waals surface area contributed by atoms with Crippen LogP contribution in [0.1, 0.15) is 0 Å². The molecule has 0 aliphatic rings. The van der Waals surface area contributed by atoms with E-state index in [1.54, 1.807) is 18.2 Å². The van der Waals surface area contributed by atoms with Crippen molar-refractivity contribution in [1.29, 1.82) is 0 Å². The van der Waals surface area contributed by atoms with Crippen molar-refractivity contribution in [2.45, 2.75) is 0 Å². The number of halogens is 1. The summed E-state index contributed by atoms with van der Waals surface area (Å²) in [5.41, 5.74) is -0.101. The van der Waals surface area contributed by atoms with Crippen LogP contribution in [-0.4, -0.2) is 21.3 Å². The number of ether oxygens (including phenoxy) is 3. The summed E-state index contributed by atoms with van der Waals surface area (Å²) in [5.74, 6) is -0.0139. The third-order valence-corrected chi connectivity index (χ3v) is 3.07. The largest absolute Gasteiger partial charge is 0.493 e. The maximum Gasteiger partial charge on any atom is 0.232 e. The number of methoxy groups -OCH3 is 3. The molecule has 2 rings (SSSR count). The molecule has 110 valence electrons. The first-order chi connectivity index (χ1) is 10.1. The molecule has 0 N–H and O–H groups in total. The second-order valence-corrected chi connectivity index (χ2v) is 4.19. The van der Waals surface area contributed by atoms with Crippen molar-refractivity contribution in [2.24, 2.45) is 0 Å². The zero-order valence-electron chi connectivity index (χ0n) is 12.0. The Labute approximate surface area is 121 Å². The minimum absolute atomic E-state index is 0.0300. The van der Waals surface area contributed by atoms with Crippen LogP contribution in [0.25, 0.3) is 11.1 Å². The number of hydrogen-bond acceptors (Lipinski definition) is 4. The van der Waals surface area contributed by atoms with E-state index in [4.69, 9.17) is 14.2 Å². The predicted molar refractivity (Wildman–Crippen MR) is 77.8 cm³/mol. The summed E-state index contributed by atoms with van der Waals surface area (Å²) < 4.78 is 29.4. The average Bonchev–Trinajstić information content (AvgIpc) is 2.63. The lowest BCUT2D eigenvalue weighted by Gasteiger charge is -2.07. The maximum absolute atomic E-state index is 13.9. The zero-order valence-corrected chi connectivity index (χ0v) is 12.0. The molecule has 0 spiro atoms. The van der Waals surface area contributed by atoms with Crippen molar-refractivity contribution in [3.8, 4) is 28.4 Å². The molecule has 0 aliphatic heterocycles. The Balaban J connectivity index is 2.85. The van der Waals surface area contributed by atoms with Crippen LogP contribution in [0.15, 0.2) is 41.2 Å². The molecule has 0 saturated heterocycles. The fraction of sp³-hybridized carbons (Fsp3) is 0.188. The van der Waals surface area contributed by atoms with E-state index in [0.29, 0.717) is 5.75 Å². The molecule has 2 aromatic rings. The lowest BCUT2D eigenvalue weighted by atomic mass is 10.1. The number of benzene rings is 1. The van der Waals surface area contributed by atoms with Crippen LogP contribution in [0.3, 0.4) is 0 Å². The van der Waals surface area contributed by atoms with E-state index in [1.807, 2.05) is 0 Å². The van der Waals surface area contributed by atoms with E-state index in [1.165, 1.54) is 39.5 Å². The lowest BCUT2D eigenvalue weighted by molar-refractivity contribution is 0.325. The van der Waals surface area contributed by atoms with E-state index >= 15 is 0 Å². The van der Waals surface area contributed by atoms with Gasteiger partial charge in [-0.15, -0.1) is 0 Å². The second-order valence-electron chi connectivity index (χ2n) is 4.19. The van der Waals surface area contributed by atoms with E-state index in [0.717, 1.165) is 0 Å². The quantitative estimate of drug-likeness (QED) is 0.868. The highest BCUT2D eigenvalue weighted by atomic mass is 19.1. The molecule has 0 unspecified atom stereocenters. The van der Waals surface area contributed by atoms with Crippen molar-refractivity contribution in [3.63, 3.8) is 0 Å². The van der Waals surface area contributed by atoms with Gasteiger partial charge < -0.3 is 14.2 Å². The van der Waals surface area contributed by atoms with Crippen molar-refractivity contribution < 1.29 is 18.6 Å². The van der Waals surface area contributed by atoms with Gasteiger partial charge in [-0.25, -0.2) is 4.39 Å². The van der Waals surface area contributed by atoms with Crippen molar-refractivity contribution in [2.75, 3.05) is 21.3 Å². The monoisotopic (exact) mass is 290 g/mol. The van der Waals surface area contributed by atoms with Crippen LogP contribution in [-0.2, 0) is 0 Å². The van der Waals surface area contributed by atoms with Gasteiger partial charge in [-0.1, -0.05) is 18.2 Å². The third-order valence-electron chi connectivity index (χ3n) is 3.07. The van der Waals surface area contributed by atoms with Crippen LogP contribution in [0, 0.1) is 5.82 Å². The van der Waals surface area contributed by atoms with E-state index in [2.05, 4.69) is 0 Å². The number of hydrogen-bond donors (Lipinski definition) is 0. The van der Waals surface area contributed by atoms with Crippen LogP contribution in [0.4, 0.5) is 4.39 Å². The zero-order chi connectivity index (χ0) is 15.4. The summed E-state index contributed by atoms with van der Waals surface area (Å²) in [6.07, 6.45) is 0. The molecule has 0 atom stereocenters. The summed E-state index contributed by atoms with van der Waals surface area (Å²) in [6, 6.07) is 9.08. The van der Waals surface area contributed by atoms with Crippen molar-refractivity contribution in [3.05, 3.63) is 52.4 Å². The molecule has 4 nitrogen and oxygen atoms in total. The summed E-state index contributed by atoms with van der Waals surface area (Å²) in [4.78, 5) is 12.6. The Morgan fingerprint density at radius 3 is 2.05 bits per heavy atom. The Hall–Kier alpha value is -2.56. The summed E-state index contributed by atoms with van der Waals surface area (Å²) in [5, 5.41) is 0. The van der Waals surface area contributed by atoms with Gasteiger partial charge in [0, 0.05) is 11.1 Å². The SMILES string of the molecule is COc1ccc(-c2ccccc2F)c(=O)c(OC)c1OC. The van der Waals surface area contributed by atoms with Crippen LogP contribution >= 0.6 is 0 Å². The van der Waals surface area contributed by atoms with Gasteiger partial charge in [-0.05, 0) is 18.2 Å². The highest BCUT2D eigenvalue weighted by Gasteiger charge is 2.18. The van der Waals surface area contributed by atoms with Gasteiger partial charge >= 0.3 is 0 Å². The first-order valence-electron chi connectivity index (χ1n) is 6.22. The fourth-order valence-corrected chi connectivity index (χ4v) is 2.08. The van der Waals surface area contributed by atoms with Gasteiger partial charge in [0.25, 0.3) is 0 Å². The van der Waals surface area contributed by atoms with E-state index < -0.39 is 11.2 Å². The third kappa shape index (κ3) is 2.67. The Morgan fingerprint density at radius 1 is 0.810 bits per heavy atom. The smallest absolute Gasteiger partial charge is 0.232 e. The number of rotatable bonds is 4. The topological polar surface area (TPSA) is 44.8 Å². The van der Waals surface area contributed by atoms with Gasteiger partial charge in [0.05, 0.1) is 21.3 Å². The van der Waals surface area contributed by atoms with Gasteiger partial charge in [-0.2, -0.15) is 0 Å². The van der Waals surface area contributed by atoms with E-state index in [-0.39, 0.29) is 22.6 Å². The standard InChI is InChI=1S/C16H15FO4/c1-19-13-9-8-11(10-6-4-5-7-12(10)17)14(18)16(21-3)15(13)20-2/h4-9H,1-3H3. The molecule has 0 saturated carbocycles. The van der Waals surface area contributed by atoms with E-state index in [9.17, 15) is 9.18 Å². The molecule has 0 radical (unpaired) electrons. The molecule has 2 aromatic carbocycles. The van der Waals surface area contributed by atoms with Gasteiger partial charge in [0.15, 0.2) is 5.75 Å². The maximum atomic E-state index is 13.9. The highest BCUT2D eigenvalue weighted by molar-refractivity contribution is 5.68. The van der Waals surface area contributed by atoms with Crippen LogP contribution in [0.5, 0.6) is 17.2 Å². The summed E-state index contributed by atoms with van der Waals surface area (Å²) in [6.45, 7) is 0. The highest BCUT2D eigenvalue weighted by Crippen LogP contribution is 2.35.